The number of benzene rings is 1. The Hall–Kier alpha value is -2.27. The van der Waals surface area contributed by atoms with Gasteiger partial charge in [0.1, 0.15) is 5.75 Å². The molecule has 4 rings (SSSR count). The van der Waals surface area contributed by atoms with Crippen molar-refractivity contribution in [3.63, 3.8) is 0 Å². The largest absolute Gasteiger partial charge is 0.496 e. The predicted octanol–water partition coefficient (Wildman–Crippen LogP) is 2.91. The Morgan fingerprint density at radius 1 is 0.962 bits per heavy atom. The molecule has 0 unspecified atom stereocenters. The van der Waals surface area contributed by atoms with E-state index < -0.39 is 0 Å². The highest BCUT2D eigenvalue weighted by atomic mass is 16.5. The van der Waals surface area contributed by atoms with Crippen LogP contribution in [0.4, 0.5) is 5.69 Å². The molecule has 138 valence electrons. The molecule has 2 aromatic rings. The van der Waals surface area contributed by atoms with Gasteiger partial charge in [0.25, 0.3) is 0 Å². The van der Waals surface area contributed by atoms with Crippen LogP contribution in [0.25, 0.3) is 0 Å². The molecule has 0 spiro atoms. The third-order valence-electron chi connectivity index (χ3n) is 5.56. The van der Waals surface area contributed by atoms with Crippen LogP contribution in [0.15, 0.2) is 30.5 Å². The van der Waals surface area contributed by atoms with Crippen molar-refractivity contribution in [3.8, 4) is 11.6 Å². The minimum atomic E-state index is 0.663. The average molecular weight is 353 g/mol. The summed E-state index contributed by atoms with van der Waals surface area (Å²) in [5.41, 5.74) is 5.49. The number of methoxy groups -OCH3 is 2. The first-order valence-corrected chi connectivity index (χ1v) is 9.43. The quantitative estimate of drug-likeness (QED) is 0.826. The zero-order valence-corrected chi connectivity index (χ0v) is 15.7. The molecule has 1 aliphatic heterocycles. The number of ether oxygens (including phenoxy) is 2. The summed E-state index contributed by atoms with van der Waals surface area (Å²) in [7, 11) is 3.43. The molecule has 26 heavy (non-hydrogen) atoms. The summed E-state index contributed by atoms with van der Waals surface area (Å²) in [6.45, 7) is 5.09. The topological polar surface area (TPSA) is 37.8 Å². The van der Waals surface area contributed by atoms with Crippen LogP contribution in [0, 0.1) is 0 Å². The molecule has 5 heteroatoms. The molecule has 0 N–H and O–H groups in total. The Labute approximate surface area is 155 Å². The zero-order valence-electron chi connectivity index (χ0n) is 15.7. The highest BCUT2D eigenvalue weighted by Gasteiger charge is 2.21. The first-order chi connectivity index (χ1) is 12.8. The Morgan fingerprint density at radius 3 is 2.38 bits per heavy atom. The van der Waals surface area contributed by atoms with Crippen molar-refractivity contribution >= 4 is 5.69 Å². The lowest BCUT2D eigenvalue weighted by molar-refractivity contribution is 0.246. The van der Waals surface area contributed by atoms with E-state index in [9.17, 15) is 0 Å². The predicted molar refractivity (Wildman–Crippen MR) is 103 cm³/mol. The highest BCUT2D eigenvalue weighted by molar-refractivity contribution is 5.47. The molecular formula is C21H27N3O2. The van der Waals surface area contributed by atoms with Crippen LogP contribution < -0.4 is 14.4 Å². The molecule has 0 radical (unpaired) electrons. The number of piperazine rings is 1. The molecule has 0 atom stereocenters. The molecule has 1 saturated heterocycles. The van der Waals surface area contributed by atoms with Gasteiger partial charge in [-0.3, -0.25) is 4.90 Å². The van der Waals surface area contributed by atoms with E-state index >= 15 is 0 Å². The molecular weight excluding hydrogens is 326 g/mol. The smallest absolute Gasteiger partial charge is 0.213 e. The van der Waals surface area contributed by atoms with Crippen molar-refractivity contribution in [1.82, 2.24) is 9.88 Å². The summed E-state index contributed by atoms with van der Waals surface area (Å²) >= 11 is 0. The van der Waals surface area contributed by atoms with Crippen molar-refractivity contribution in [2.45, 2.75) is 25.8 Å². The fraction of sp³-hybridized carbons (Fsp3) is 0.476. The summed E-state index contributed by atoms with van der Waals surface area (Å²) in [6.07, 6.45) is 5.58. The first kappa shape index (κ1) is 17.2. The Balaban J connectivity index is 1.39. The second-order valence-corrected chi connectivity index (χ2v) is 7.11. The van der Waals surface area contributed by atoms with E-state index in [4.69, 9.17) is 9.47 Å². The number of nitrogens with zero attached hydrogens (tertiary/aromatic N) is 3. The number of hydrogen-bond donors (Lipinski definition) is 0. The van der Waals surface area contributed by atoms with Gasteiger partial charge in [-0.1, -0.05) is 6.07 Å². The van der Waals surface area contributed by atoms with Gasteiger partial charge in [0.15, 0.2) is 0 Å². The van der Waals surface area contributed by atoms with Crippen LogP contribution in [0.5, 0.6) is 11.6 Å². The number of anilines is 1. The molecule has 0 bridgehead atoms. The van der Waals surface area contributed by atoms with Gasteiger partial charge in [0, 0.05) is 44.4 Å². The van der Waals surface area contributed by atoms with Crippen molar-refractivity contribution in [3.05, 3.63) is 47.2 Å². The second kappa shape index (κ2) is 7.54. The normalized spacial score (nSPS) is 17.2. The molecule has 1 aromatic heterocycles. The van der Waals surface area contributed by atoms with Crippen molar-refractivity contribution in [1.29, 1.82) is 0 Å². The van der Waals surface area contributed by atoms with Crippen molar-refractivity contribution < 1.29 is 9.47 Å². The molecule has 2 heterocycles. The summed E-state index contributed by atoms with van der Waals surface area (Å²) in [6, 6.07) is 8.65. The third-order valence-corrected chi connectivity index (χ3v) is 5.56. The summed E-state index contributed by atoms with van der Waals surface area (Å²) in [5.74, 6) is 1.71. The molecule has 0 amide bonds. The first-order valence-electron chi connectivity index (χ1n) is 9.43. The Morgan fingerprint density at radius 2 is 1.73 bits per heavy atom. The van der Waals surface area contributed by atoms with Crippen LogP contribution in [0.3, 0.4) is 0 Å². The molecule has 1 aromatic carbocycles. The van der Waals surface area contributed by atoms with E-state index in [1.54, 1.807) is 14.2 Å². The van der Waals surface area contributed by atoms with Crippen molar-refractivity contribution in [2.75, 3.05) is 45.3 Å². The van der Waals surface area contributed by atoms with E-state index in [0.29, 0.717) is 5.88 Å². The lowest BCUT2D eigenvalue weighted by atomic mass is 10.0. The van der Waals surface area contributed by atoms with E-state index in [1.807, 2.05) is 12.3 Å². The molecule has 2 aliphatic rings. The number of fused-ring (bicyclic) bond motifs is 1. The Kier molecular flexibility index (Phi) is 4.98. The van der Waals surface area contributed by atoms with Crippen molar-refractivity contribution in [2.24, 2.45) is 0 Å². The van der Waals surface area contributed by atoms with E-state index in [2.05, 4.69) is 33.0 Å². The Bertz CT molecular complexity index is 753. The molecule has 1 fully saturated rings. The summed E-state index contributed by atoms with van der Waals surface area (Å²) in [5, 5.41) is 0. The molecule has 1 aliphatic carbocycles. The lowest BCUT2D eigenvalue weighted by Crippen LogP contribution is -2.46. The summed E-state index contributed by atoms with van der Waals surface area (Å²) in [4.78, 5) is 9.23. The van der Waals surface area contributed by atoms with Gasteiger partial charge in [-0.2, -0.15) is 0 Å². The maximum absolute atomic E-state index is 5.67. The number of rotatable bonds is 5. The number of aromatic nitrogens is 1. The van der Waals surface area contributed by atoms with Crippen LogP contribution in [-0.2, 0) is 19.4 Å². The summed E-state index contributed by atoms with van der Waals surface area (Å²) < 4.78 is 10.8. The maximum Gasteiger partial charge on any atom is 0.213 e. The highest BCUT2D eigenvalue weighted by Crippen LogP contribution is 2.31. The monoisotopic (exact) mass is 353 g/mol. The van der Waals surface area contributed by atoms with Gasteiger partial charge in [-0.15, -0.1) is 0 Å². The lowest BCUT2D eigenvalue weighted by Gasteiger charge is -2.36. The molecule has 0 saturated carbocycles. The van der Waals surface area contributed by atoms with Crippen LogP contribution >= 0.6 is 0 Å². The van der Waals surface area contributed by atoms with Crippen LogP contribution in [-0.4, -0.2) is 50.3 Å². The second-order valence-electron chi connectivity index (χ2n) is 7.11. The van der Waals surface area contributed by atoms with Crippen LogP contribution in [0.1, 0.15) is 23.1 Å². The van der Waals surface area contributed by atoms with Gasteiger partial charge in [-0.05, 0) is 42.5 Å². The number of hydrogen-bond acceptors (Lipinski definition) is 5. The third kappa shape index (κ3) is 3.49. The van der Waals surface area contributed by atoms with Gasteiger partial charge in [-0.25, -0.2) is 4.98 Å². The van der Waals surface area contributed by atoms with E-state index in [1.165, 1.54) is 41.6 Å². The molecule has 5 nitrogen and oxygen atoms in total. The minimum absolute atomic E-state index is 0.663. The minimum Gasteiger partial charge on any atom is -0.496 e. The fourth-order valence-electron chi connectivity index (χ4n) is 4.05. The average Bonchev–Trinajstić information content (AvgIpc) is 3.15. The van der Waals surface area contributed by atoms with Gasteiger partial charge in [0.2, 0.25) is 5.88 Å². The van der Waals surface area contributed by atoms with Gasteiger partial charge >= 0.3 is 0 Å². The van der Waals surface area contributed by atoms with E-state index in [0.717, 1.165) is 38.5 Å². The fourth-order valence-corrected chi connectivity index (χ4v) is 4.05. The SMILES string of the molecule is COc1ccc(N2CCN(Cc3cc4c(cc3OC)CCC4)CC2)cn1. The standard InChI is InChI=1S/C21H27N3O2/c1-25-20-13-17-5-3-4-16(17)12-18(20)15-23-8-10-24(11-9-23)19-6-7-21(26-2)22-14-19/h6-7,12-14H,3-5,8-11,15H2,1-2H3. The van der Waals surface area contributed by atoms with Crippen LogP contribution in [0.2, 0.25) is 0 Å². The maximum atomic E-state index is 5.67. The van der Waals surface area contributed by atoms with Gasteiger partial charge in [0.05, 0.1) is 26.1 Å². The van der Waals surface area contributed by atoms with E-state index in [-0.39, 0.29) is 0 Å². The van der Waals surface area contributed by atoms with Gasteiger partial charge < -0.3 is 14.4 Å². The number of aryl methyl sites for hydroxylation is 2. The number of pyridine rings is 1. The zero-order chi connectivity index (χ0) is 17.9.